The molecule has 1 N–H and O–H groups in total. The minimum absolute atomic E-state index is 0.529. The third-order valence-corrected chi connectivity index (χ3v) is 3.30. The van der Waals surface area contributed by atoms with Gasteiger partial charge in [-0.15, -0.1) is 0 Å². The summed E-state index contributed by atoms with van der Waals surface area (Å²) in [6.45, 7) is 2.49. The van der Waals surface area contributed by atoms with E-state index in [9.17, 15) is 22.4 Å². The summed E-state index contributed by atoms with van der Waals surface area (Å²) in [6.07, 6.45) is -4.61. The molecule has 1 aliphatic rings. The molecule has 0 unspecified atom stereocenters. The predicted molar refractivity (Wildman–Crippen MR) is 67.9 cm³/mol. The van der Waals surface area contributed by atoms with E-state index in [1.54, 1.807) is 5.01 Å². The number of hydrogen-bond acceptors (Lipinski definition) is 3. The van der Waals surface area contributed by atoms with Crippen LogP contribution >= 0.6 is 0 Å². The van der Waals surface area contributed by atoms with E-state index in [4.69, 9.17) is 0 Å². The van der Waals surface area contributed by atoms with E-state index in [0.29, 0.717) is 44.4 Å². The van der Waals surface area contributed by atoms with Crippen molar-refractivity contribution in [3.63, 3.8) is 0 Å². The lowest BCUT2D eigenvalue weighted by molar-refractivity contribution is -0.137. The Morgan fingerprint density at radius 3 is 2.38 bits per heavy atom. The molecule has 1 heterocycles. The van der Waals surface area contributed by atoms with E-state index < -0.39 is 29.0 Å². The number of hydrazine groups is 1. The number of hydrogen-bond donors (Lipinski definition) is 1. The standard InChI is InChI=1S/C13H15F4N3O/c1-19-4-6-20(7-5-19)18-12(21)10-8-9(13(15,16)17)2-3-11(10)14/h2-3,8H,4-7H2,1H3,(H,18,21). The number of nitrogens with zero attached hydrogens (tertiary/aromatic N) is 2. The van der Waals surface area contributed by atoms with E-state index in [2.05, 4.69) is 5.43 Å². The van der Waals surface area contributed by atoms with Gasteiger partial charge in [-0.2, -0.15) is 13.2 Å². The van der Waals surface area contributed by atoms with Crippen LogP contribution in [-0.2, 0) is 6.18 Å². The van der Waals surface area contributed by atoms with Crippen LogP contribution in [0.1, 0.15) is 15.9 Å². The molecule has 0 aliphatic carbocycles. The van der Waals surface area contributed by atoms with Gasteiger partial charge in [0, 0.05) is 26.2 Å². The van der Waals surface area contributed by atoms with Gasteiger partial charge in [-0.1, -0.05) is 0 Å². The van der Waals surface area contributed by atoms with Crippen molar-refractivity contribution in [3.05, 3.63) is 35.1 Å². The number of likely N-dealkylation sites (N-methyl/N-ethyl adjacent to an activating group) is 1. The summed E-state index contributed by atoms with van der Waals surface area (Å²) in [4.78, 5) is 14.0. The fourth-order valence-electron chi connectivity index (χ4n) is 2.00. The van der Waals surface area contributed by atoms with Crippen LogP contribution in [0.5, 0.6) is 0 Å². The van der Waals surface area contributed by atoms with Crippen molar-refractivity contribution in [2.75, 3.05) is 33.2 Å². The van der Waals surface area contributed by atoms with Gasteiger partial charge in [0.15, 0.2) is 0 Å². The molecule has 4 nitrogen and oxygen atoms in total. The summed E-state index contributed by atoms with van der Waals surface area (Å²) >= 11 is 0. The number of halogens is 4. The van der Waals surface area contributed by atoms with Gasteiger partial charge in [-0.05, 0) is 25.2 Å². The normalized spacial score (nSPS) is 17.8. The van der Waals surface area contributed by atoms with Gasteiger partial charge in [0.25, 0.3) is 5.91 Å². The largest absolute Gasteiger partial charge is 0.416 e. The summed E-state index contributed by atoms with van der Waals surface area (Å²) in [5.74, 6) is -1.85. The van der Waals surface area contributed by atoms with Crippen molar-refractivity contribution in [2.45, 2.75) is 6.18 Å². The molecule has 0 bridgehead atoms. The molecular weight excluding hydrogens is 290 g/mol. The van der Waals surface area contributed by atoms with E-state index in [-0.39, 0.29) is 0 Å². The van der Waals surface area contributed by atoms with Crippen LogP contribution in [0.25, 0.3) is 0 Å². The first kappa shape index (κ1) is 15.7. The van der Waals surface area contributed by atoms with Gasteiger partial charge < -0.3 is 4.90 Å². The quantitative estimate of drug-likeness (QED) is 0.846. The smallest absolute Gasteiger partial charge is 0.304 e. The van der Waals surface area contributed by atoms with Crippen LogP contribution in [-0.4, -0.2) is 49.0 Å². The average molecular weight is 305 g/mol. The van der Waals surface area contributed by atoms with E-state index >= 15 is 0 Å². The van der Waals surface area contributed by atoms with E-state index in [1.165, 1.54) is 0 Å². The van der Waals surface area contributed by atoms with Crippen molar-refractivity contribution in [3.8, 4) is 0 Å². The molecule has 21 heavy (non-hydrogen) atoms. The number of alkyl halides is 3. The lowest BCUT2D eigenvalue weighted by Crippen LogP contribution is -2.52. The highest BCUT2D eigenvalue weighted by molar-refractivity contribution is 5.94. The van der Waals surface area contributed by atoms with E-state index in [1.807, 2.05) is 11.9 Å². The highest BCUT2D eigenvalue weighted by Crippen LogP contribution is 2.30. The summed E-state index contributed by atoms with van der Waals surface area (Å²) < 4.78 is 51.4. The van der Waals surface area contributed by atoms with Crippen LogP contribution in [0, 0.1) is 5.82 Å². The lowest BCUT2D eigenvalue weighted by Gasteiger charge is -2.32. The molecule has 0 spiro atoms. The molecule has 0 atom stereocenters. The Hall–Kier alpha value is -1.67. The fraction of sp³-hybridized carbons (Fsp3) is 0.462. The lowest BCUT2D eigenvalue weighted by atomic mass is 10.1. The molecule has 116 valence electrons. The highest BCUT2D eigenvalue weighted by atomic mass is 19.4. The van der Waals surface area contributed by atoms with Crippen molar-refractivity contribution < 1.29 is 22.4 Å². The Morgan fingerprint density at radius 1 is 1.19 bits per heavy atom. The second-order valence-corrected chi connectivity index (χ2v) is 4.92. The molecular formula is C13H15F4N3O. The molecule has 1 amide bonds. The third kappa shape index (κ3) is 3.92. The zero-order valence-corrected chi connectivity index (χ0v) is 11.4. The molecule has 1 fully saturated rings. The third-order valence-electron chi connectivity index (χ3n) is 3.30. The molecule has 1 aliphatic heterocycles. The first-order valence-electron chi connectivity index (χ1n) is 6.38. The first-order valence-corrected chi connectivity index (χ1v) is 6.38. The fourth-order valence-corrected chi connectivity index (χ4v) is 2.00. The molecule has 1 aromatic rings. The van der Waals surface area contributed by atoms with Crippen molar-refractivity contribution in [1.82, 2.24) is 15.3 Å². The van der Waals surface area contributed by atoms with E-state index in [0.717, 1.165) is 0 Å². The number of rotatable bonds is 2. The second kappa shape index (κ2) is 5.98. The van der Waals surface area contributed by atoms with Gasteiger partial charge in [0.1, 0.15) is 5.82 Å². The Morgan fingerprint density at radius 2 is 1.81 bits per heavy atom. The second-order valence-electron chi connectivity index (χ2n) is 4.92. The minimum Gasteiger partial charge on any atom is -0.304 e. The van der Waals surface area contributed by atoms with Crippen LogP contribution in [0.2, 0.25) is 0 Å². The highest BCUT2D eigenvalue weighted by Gasteiger charge is 2.32. The Bertz CT molecular complexity index is 525. The molecule has 1 saturated heterocycles. The van der Waals surface area contributed by atoms with Crippen LogP contribution < -0.4 is 5.43 Å². The Labute approximate surface area is 119 Å². The number of amides is 1. The number of carbonyl (C=O) groups excluding carboxylic acids is 1. The van der Waals surface area contributed by atoms with Gasteiger partial charge >= 0.3 is 6.18 Å². The zero-order valence-electron chi connectivity index (χ0n) is 11.4. The average Bonchev–Trinajstić information content (AvgIpc) is 2.40. The summed E-state index contributed by atoms with van der Waals surface area (Å²) in [6, 6.07) is 1.80. The zero-order chi connectivity index (χ0) is 15.6. The van der Waals surface area contributed by atoms with Crippen molar-refractivity contribution >= 4 is 5.91 Å². The number of nitrogens with one attached hydrogen (secondary N) is 1. The maximum Gasteiger partial charge on any atom is 0.416 e. The maximum atomic E-state index is 13.6. The van der Waals surface area contributed by atoms with Gasteiger partial charge in [0.05, 0.1) is 11.1 Å². The van der Waals surface area contributed by atoms with Crippen molar-refractivity contribution in [2.24, 2.45) is 0 Å². The summed E-state index contributed by atoms with van der Waals surface area (Å²) in [5.41, 5.74) is 0.779. The molecule has 0 radical (unpaired) electrons. The molecule has 0 aromatic heterocycles. The maximum absolute atomic E-state index is 13.6. The molecule has 1 aromatic carbocycles. The van der Waals surface area contributed by atoms with Gasteiger partial charge in [-0.25, -0.2) is 9.40 Å². The van der Waals surface area contributed by atoms with Gasteiger partial charge in [-0.3, -0.25) is 10.2 Å². The SMILES string of the molecule is CN1CCN(NC(=O)c2cc(C(F)(F)F)ccc2F)CC1. The summed E-state index contributed by atoms with van der Waals surface area (Å²) in [5, 5.41) is 1.57. The molecule has 2 rings (SSSR count). The monoisotopic (exact) mass is 305 g/mol. The van der Waals surface area contributed by atoms with Crippen LogP contribution in [0.4, 0.5) is 17.6 Å². The Kier molecular flexibility index (Phi) is 4.48. The predicted octanol–water partition coefficient (Wildman–Crippen LogP) is 1.74. The molecule has 0 saturated carbocycles. The topological polar surface area (TPSA) is 35.6 Å². The minimum atomic E-state index is -4.61. The van der Waals surface area contributed by atoms with Crippen LogP contribution in [0.15, 0.2) is 18.2 Å². The number of carbonyl (C=O) groups is 1. The van der Waals surface area contributed by atoms with Crippen LogP contribution in [0.3, 0.4) is 0 Å². The molecule has 8 heteroatoms. The first-order chi connectivity index (χ1) is 9.77. The van der Waals surface area contributed by atoms with Crippen molar-refractivity contribution in [1.29, 1.82) is 0 Å². The number of piperazine rings is 1. The number of benzene rings is 1. The summed E-state index contributed by atoms with van der Waals surface area (Å²) in [7, 11) is 1.92. The van der Waals surface area contributed by atoms with Gasteiger partial charge in [0.2, 0.25) is 0 Å². The Balaban J connectivity index is 2.11.